The van der Waals surface area contributed by atoms with Crippen LogP contribution in [0.5, 0.6) is 0 Å². The Kier molecular flexibility index (Phi) is 32.3. The van der Waals surface area contributed by atoms with Gasteiger partial charge in [-0.25, -0.2) is 4.57 Å². The Morgan fingerprint density at radius 1 is 0.526 bits per heavy atom. The molecule has 6 N–H and O–H groups in total. The van der Waals surface area contributed by atoms with Gasteiger partial charge in [0.15, 0.2) is 6.10 Å². The Morgan fingerprint density at radius 2 is 0.895 bits per heavy atom. The van der Waals surface area contributed by atoms with E-state index in [1.165, 1.54) is 103 Å². The van der Waals surface area contributed by atoms with E-state index in [1.807, 2.05) is 0 Å². The zero-order chi connectivity index (χ0) is 42.2. The number of phosphoric acid groups is 1. The van der Waals surface area contributed by atoms with Crippen molar-refractivity contribution >= 4 is 19.8 Å². The fraction of sp³-hybridized carbons (Fsp3) is 0.907. The first-order valence-electron chi connectivity index (χ1n) is 22.5. The van der Waals surface area contributed by atoms with Crippen molar-refractivity contribution in [3.8, 4) is 0 Å². The molecule has 57 heavy (non-hydrogen) atoms. The topological polar surface area (TPSA) is 210 Å². The molecule has 1 aliphatic carbocycles. The highest BCUT2D eigenvalue weighted by atomic mass is 31.2. The van der Waals surface area contributed by atoms with Crippen LogP contribution in [0.4, 0.5) is 0 Å². The number of phosphoric ester groups is 1. The second-order valence-electron chi connectivity index (χ2n) is 15.9. The van der Waals surface area contributed by atoms with Gasteiger partial charge in [-0.15, -0.1) is 0 Å². The number of unbranched alkanes of at least 4 members (excludes halogenated alkanes) is 23. The summed E-state index contributed by atoms with van der Waals surface area (Å²) in [6.07, 6.45) is 21.7. The summed E-state index contributed by atoms with van der Waals surface area (Å²) in [6.45, 7) is 3.23. The van der Waals surface area contributed by atoms with E-state index in [0.29, 0.717) is 12.8 Å². The number of rotatable bonds is 37. The molecule has 13 nitrogen and oxygen atoms in total. The zero-order valence-electron chi connectivity index (χ0n) is 35.4. The Labute approximate surface area is 343 Å². The zero-order valence-corrected chi connectivity index (χ0v) is 36.3. The van der Waals surface area contributed by atoms with E-state index in [0.717, 1.165) is 51.4 Å². The molecule has 336 valence electrons. The third-order valence-corrected chi connectivity index (χ3v) is 11.6. The van der Waals surface area contributed by atoms with E-state index >= 15 is 0 Å². The van der Waals surface area contributed by atoms with Crippen LogP contribution >= 0.6 is 7.82 Å². The molecule has 1 aliphatic rings. The lowest BCUT2D eigenvalue weighted by Gasteiger charge is -2.41. The van der Waals surface area contributed by atoms with E-state index in [4.69, 9.17) is 18.5 Å². The molecule has 14 heteroatoms. The summed E-state index contributed by atoms with van der Waals surface area (Å²) in [5, 5.41) is 49.9. The summed E-state index contributed by atoms with van der Waals surface area (Å²) in [4.78, 5) is 35.4. The number of aliphatic hydroxyl groups excluding tert-OH is 5. The van der Waals surface area contributed by atoms with E-state index in [-0.39, 0.29) is 12.8 Å². The Balaban J connectivity index is 2.33. The van der Waals surface area contributed by atoms with E-state index in [2.05, 4.69) is 26.0 Å². The van der Waals surface area contributed by atoms with E-state index in [1.54, 1.807) is 0 Å². The van der Waals surface area contributed by atoms with Crippen molar-refractivity contribution < 1.29 is 63.1 Å². The van der Waals surface area contributed by atoms with Crippen LogP contribution < -0.4 is 0 Å². The number of carbonyl (C=O) groups excluding carboxylic acids is 2. The maximum absolute atomic E-state index is 12.7. The quantitative estimate of drug-likeness (QED) is 0.0151. The maximum Gasteiger partial charge on any atom is 0.472 e. The molecule has 0 bridgehead atoms. The second kappa shape index (κ2) is 34.3. The minimum absolute atomic E-state index is 0.0985. The van der Waals surface area contributed by atoms with Gasteiger partial charge >= 0.3 is 19.8 Å². The fourth-order valence-electron chi connectivity index (χ4n) is 6.93. The lowest BCUT2D eigenvalue weighted by Crippen LogP contribution is -2.64. The van der Waals surface area contributed by atoms with Gasteiger partial charge < -0.3 is 39.9 Å². The molecule has 1 fully saturated rings. The van der Waals surface area contributed by atoms with Gasteiger partial charge in [-0.1, -0.05) is 154 Å². The second-order valence-corrected chi connectivity index (χ2v) is 17.3. The van der Waals surface area contributed by atoms with Gasteiger partial charge in [-0.3, -0.25) is 18.6 Å². The van der Waals surface area contributed by atoms with Crippen LogP contribution in [0.15, 0.2) is 12.2 Å². The molecule has 0 heterocycles. The van der Waals surface area contributed by atoms with Crippen LogP contribution in [0, 0.1) is 0 Å². The predicted molar refractivity (Wildman–Crippen MR) is 221 cm³/mol. The van der Waals surface area contributed by atoms with Gasteiger partial charge in [-0.05, 0) is 38.5 Å². The first-order chi connectivity index (χ1) is 27.4. The summed E-state index contributed by atoms with van der Waals surface area (Å²) in [5.41, 5.74) is 0. The van der Waals surface area contributed by atoms with Crippen molar-refractivity contribution in [2.24, 2.45) is 0 Å². The predicted octanol–water partition coefficient (Wildman–Crippen LogP) is 8.28. The number of ether oxygens (including phenoxy) is 2. The molecule has 0 saturated heterocycles. The van der Waals surface area contributed by atoms with Crippen LogP contribution in [-0.2, 0) is 32.7 Å². The first kappa shape index (κ1) is 53.6. The first-order valence-corrected chi connectivity index (χ1v) is 24.0. The molecule has 1 rings (SSSR count). The standard InChI is InChI=1S/C43H81O13P/c1-3-5-7-9-11-12-13-14-15-16-17-18-19-20-21-22-23-24-26-27-29-31-36(44)53-33-35(55-37(45)32-30-28-25-10-8-6-4-2)34-54-57(51,52)56-43-41(49)39(47)38(46)40(48)42(43)50/h14-15,35,38-43,46-50H,3-13,16-34H2,1-2H3,(H,51,52)/b15-14+/t35-,38?,39-,40?,41?,42?,43?/m0/s1. The lowest BCUT2D eigenvalue weighted by molar-refractivity contribution is -0.220. The normalized spacial score (nSPS) is 22.7. The molecule has 6 unspecified atom stereocenters. The number of esters is 2. The van der Waals surface area contributed by atoms with Crippen LogP contribution in [0.2, 0.25) is 0 Å². The SMILES string of the molecule is CCCCCCCC/C=C/CCCCCCCCCCCCCC(=O)OC[C@@H](COP(=O)(O)OC1C(O)C(O)C(O)[C@H](O)C1O)OC(=O)CCCCCCCCC. The monoisotopic (exact) mass is 837 g/mol. The third kappa shape index (κ3) is 27.1. The highest BCUT2D eigenvalue weighted by molar-refractivity contribution is 7.47. The Morgan fingerprint density at radius 3 is 1.33 bits per heavy atom. The number of carbonyl (C=O) groups is 2. The van der Waals surface area contributed by atoms with Gasteiger partial charge in [0.2, 0.25) is 0 Å². The summed E-state index contributed by atoms with van der Waals surface area (Å²) < 4.78 is 33.3. The molecule has 0 aromatic carbocycles. The number of hydrogen-bond donors (Lipinski definition) is 6. The van der Waals surface area contributed by atoms with Gasteiger partial charge in [0.25, 0.3) is 0 Å². The molecule has 8 atom stereocenters. The Hall–Kier alpha value is -1.41. The van der Waals surface area contributed by atoms with Gasteiger partial charge in [0.05, 0.1) is 6.61 Å². The van der Waals surface area contributed by atoms with Crippen LogP contribution in [0.3, 0.4) is 0 Å². The summed E-state index contributed by atoms with van der Waals surface area (Å²) in [5.74, 6) is -1.10. The summed E-state index contributed by atoms with van der Waals surface area (Å²) in [6, 6.07) is 0. The number of aliphatic hydroxyl groups is 5. The fourth-order valence-corrected chi connectivity index (χ4v) is 7.90. The molecule has 0 radical (unpaired) electrons. The van der Waals surface area contributed by atoms with Crippen LogP contribution in [0.1, 0.15) is 194 Å². The van der Waals surface area contributed by atoms with Gasteiger partial charge in [0, 0.05) is 12.8 Å². The highest BCUT2D eigenvalue weighted by Gasteiger charge is 2.51. The van der Waals surface area contributed by atoms with Crippen molar-refractivity contribution in [1.82, 2.24) is 0 Å². The van der Waals surface area contributed by atoms with Crippen LogP contribution in [0.25, 0.3) is 0 Å². The van der Waals surface area contributed by atoms with Crippen molar-refractivity contribution in [2.75, 3.05) is 13.2 Å². The molecule has 0 aromatic heterocycles. The summed E-state index contributed by atoms with van der Waals surface area (Å²) in [7, 11) is -5.10. The maximum atomic E-state index is 12.7. The molecule has 0 spiro atoms. The third-order valence-electron chi connectivity index (χ3n) is 10.6. The average Bonchev–Trinajstić information content (AvgIpc) is 3.19. The van der Waals surface area contributed by atoms with Crippen molar-refractivity contribution in [1.29, 1.82) is 0 Å². The number of allylic oxidation sites excluding steroid dienone is 2. The minimum Gasteiger partial charge on any atom is -0.462 e. The molecular formula is C43H81O13P. The van der Waals surface area contributed by atoms with Crippen molar-refractivity contribution in [3.05, 3.63) is 12.2 Å². The van der Waals surface area contributed by atoms with Crippen molar-refractivity contribution in [3.63, 3.8) is 0 Å². The molecular weight excluding hydrogens is 755 g/mol. The van der Waals surface area contributed by atoms with Gasteiger partial charge in [-0.2, -0.15) is 0 Å². The molecule has 1 saturated carbocycles. The number of hydrogen-bond acceptors (Lipinski definition) is 12. The smallest absolute Gasteiger partial charge is 0.462 e. The largest absolute Gasteiger partial charge is 0.472 e. The lowest BCUT2D eigenvalue weighted by atomic mass is 9.85. The van der Waals surface area contributed by atoms with E-state index < -0.39 is 75.7 Å². The average molecular weight is 837 g/mol. The highest BCUT2D eigenvalue weighted by Crippen LogP contribution is 2.47. The molecule has 0 amide bonds. The minimum atomic E-state index is -5.10. The van der Waals surface area contributed by atoms with Crippen molar-refractivity contribution in [2.45, 2.75) is 236 Å². The molecule has 0 aromatic rings. The van der Waals surface area contributed by atoms with E-state index in [9.17, 15) is 44.6 Å². The Bertz CT molecular complexity index is 1060. The molecule has 0 aliphatic heterocycles. The van der Waals surface area contributed by atoms with Crippen LogP contribution in [-0.4, -0.2) is 98.3 Å². The summed E-state index contributed by atoms with van der Waals surface area (Å²) >= 11 is 0. The van der Waals surface area contributed by atoms with Gasteiger partial charge in [0.1, 0.15) is 43.2 Å².